The molecule has 0 saturated heterocycles. The number of thiazole rings is 1. The Morgan fingerprint density at radius 2 is 1.75 bits per heavy atom. The largest absolute Gasteiger partial charge is 0.486 e. The van der Waals surface area contributed by atoms with Gasteiger partial charge in [0.25, 0.3) is 5.56 Å². The molecule has 0 amide bonds. The second-order valence-corrected chi connectivity index (χ2v) is 13.2. The van der Waals surface area contributed by atoms with Gasteiger partial charge in [0.2, 0.25) is 0 Å². The molecule has 0 saturated carbocycles. The highest BCUT2D eigenvalue weighted by Crippen LogP contribution is 2.37. The van der Waals surface area contributed by atoms with Crippen LogP contribution in [0.1, 0.15) is 36.6 Å². The van der Waals surface area contributed by atoms with Gasteiger partial charge in [0.05, 0.1) is 37.4 Å². The molecule has 0 spiro atoms. The Morgan fingerprint density at radius 1 is 1.05 bits per heavy atom. The molecule has 0 fully saturated rings. The maximum absolute atomic E-state index is 14.1. The molecule has 0 bridgehead atoms. The van der Waals surface area contributed by atoms with Crippen LogP contribution >= 0.6 is 54.8 Å². The second kappa shape index (κ2) is 12.9. The zero-order valence-corrected chi connectivity index (χ0v) is 28.4. The first-order chi connectivity index (χ1) is 21.3. The van der Waals surface area contributed by atoms with Crippen LogP contribution in [0.5, 0.6) is 5.75 Å². The standard InChI is InChI=1S/C34H25Br2ClN2O4S/c1-3-42-33(41)29-19(2)38-34-39(30(29)24-13-8-11-21-9-4-6-12-23(21)24)32(40)28(44-34)17-20-15-25(35)31(26(36)16-20)43-18-22-10-5-7-14-27(22)37/h4-17,30H,3,18H2,1-2H3/b28-17-/t30-/m1/s1. The van der Waals surface area contributed by atoms with Gasteiger partial charge in [-0.25, -0.2) is 9.79 Å². The molecule has 1 aromatic heterocycles. The molecular weight excluding hydrogens is 728 g/mol. The number of carbonyl (C=O) groups excluding carboxylic acids is 1. The fourth-order valence-corrected chi connectivity index (χ4v) is 7.98. The Balaban J connectivity index is 1.45. The van der Waals surface area contributed by atoms with E-state index in [1.165, 1.54) is 11.3 Å². The number of aromatic nitrogens is 1. The fraction of sp³-hybridized carbons (Fsp3) is 0.147. The van der Waals surface area contributed by atoms with Crippen molar-refractivity contribution in [2.24, 2.45) is 4.99 Å². The average molecular weight is 753 g/mol. The van der Waals surface area contributed by atoms with E-state index in [9.17, 15) is 9.59 Å². The predicted octanol–water partition coefficient (Wildman–Crippen LogP) is 7.71. The van der Waals surface area contributed by atoms with E-state index >= 15 is 0 Å². The number of hydrogen-bond acceptors (Lipinski definition) is 6. The zero-order chi connectivity index (χ0) is 31.0. The molecule has 222 valence electrons. The van der Waals surface area contributed by atoms with Gasteiger partial charge in [-0.1, -0.05) is 83.6 Å². The summed E-state index contributed by atoms with van der Waals surface area (Å²) in [6, 6.07) is 24.5. The molecule has 6 rings (SSSR count). The third-order valence-corrected chi connectivity index (χ3v) is 9.81. The molecule has 0 unspecified atom stereocenters. The van der Waals surface area contributed by atoms with Gasteiger partial charge in [-0.15, -0.1) is 0 Å². The van der Waals surface area contributed by atoms with E-state index in [0.29, 0.717) is 46.9 Å². The lowest BCUT2D eigenvalue weighted by molar-refractivity contribution is -0.139. The van der Waals surface area contributed by atoms with Crippen LogP contribution in [0.3, 0.4) is 0 Å². The van der Waals surface area contributed by atoms with Crippen LogP contribution in [0.4, 0.5) is 0 Å². The summed E-state index contributed by atoms with van der Waals surface area (Å²) in [7, 11) is 0. The third-order valence-electron chi connectivity index (χ3n) is 7.28. The topological polar surface area (TPSA) is 69.9 Å². The number of nitrogens with zero attached hydrogens (tertiary/aromatic N) is 2. The summed E-state index contributed by atoms with van der Waals surface area (Å²) >= 11 is 14.8. The summed E-state index contributed by atoms with van der Waals surface area (Å²) in [5.74, 6) is 0.135. The van der Waals surface area contributed by atoms with Gasteiger partial charge in [0.15, 0.2) is 4.80 Å². The van der Waals surface area contributed by atoms with E-state index in [-0.39, 0.29) is 12.2 Å². The van der Waals surface area contributed by atoms with Gasteiger partial charge in [0.1, 0.15) is 12.4 Å². The highest BCUT2D eigenvalue weighted by Gasteiger charge is 2.34. The van der Waals surface area contributed by atoms with Crippen LogP contribution in [0.2, 0.25) is 5.02 Å². The number of rotatable bonds is 7. The number of halogens is 3. The van der Waals surface area contributed by atoms with Gasteiger partial charge in [-0.05, 0) is 91.9 Å². The molecule has 44 heavy (non-hydrogen) atoms. The monoisotopic (exact) mass is 750 g/mol. The van der Waals surface area contributed by atoms with Crippen molar-refractivity contribution in [3.8, 4) is 5.75 Å². The van der Waals surface area contributed by atoms with Gasteiger partial charge in [0, 0.05) is 10.6 Å². The normalized spacial score (nSPS) is 14.8. The van der Waals surface area contributed by atoms with Crippen LogP contribution in [0.15, 0.2) is 109 Å². The van der Waals surface area contributed by atoms with Gasteiger partial charge in [-0.3, -0.25) is 9.36 Å². The summed E-state index contributed by atoms with van der Waals surface area (Å²) < 4.78 is 15.1. The predicted molar refractivity (Wildman–Crippen MR) is 182 cm³/mol. The first-order valence-electron chi connectivity index (χ1n) is 13.8. The summed E-state index contributed by atoms with van der Waals surface area (Å²) in [4.78, 5) is 32.7. The molecule has 2 heterocycles. The number of hydrogen-bond donors (Lipinski definition) is 0. The number of ether oxygens (including phenoxy) is 2. The molecule has 0 aliphatic carbocycles. The third kappa shape index (κ3) is 5.81. The van der Waals surface area contributed by atoms with Crippen LogP contribution in [-0.2, 0) is 16.1 Å². The molecule has 10 heteroatoms. The molecule has 4 aromatic carbocycles. The lowest BCUT2D eigenvalue weighted by Crippen LogP contribution is -2.40. The van der Waals surface area contributed by atoms with Crippen LogP contribution in [0.25, 0.3) is 16.8 Å². The van der Waals surface area contributed by atoms with Gasteiger partial charge in [-0.2, -0.15) is 0 Å². The van der Waals surface area contributed by atoms with Crippen molar-refractivity contribution in [2.75, 3.05) is 6.61 Å². The molecule has 0 radical (unpaired) electrons. The lowest BCUT2D eigenvalue weighted by atomic mass is 9.91. The number of benzene rings is 4. The average Bonchev–Trinajstić information content (AvgIpc) is 3.30. The quantitative estimate of drug-likeness (QED) is 0.160. The SMILES string of the molecule is CCOC(=O)C1=C(C)N=c2s/c(=C\c3cc(Br)c(OCc4ccccc4Cl)c(Br)c3)c(=O)n2[C@@H]1c1cccc2ccccc12. The second-order valence-electron chi connectivity index (χ2n) is 10.1. The maximum Gasteiger partial charge on any atom is 0.338 e. The summed E-state index contributed by atoms with van der Waals surface area (Å²) in [6.45, 7) is 4.06. The summed E-state index contributed by atoms with van der Waals surface area (Å²) in [6.07, 6.45) is 1.82. The van der Waals surface area contributed by atoms with E-state index in [1.807, 2.05) is 84.9 Å². The van der Waals surface area contributed by atoms with Crippen molar-refractivity contribution in [3.05, 3.63) is 140 Å². The minimum atomic E-state index is -0.697. The van der Waals surface area contributed by atoms with E-state index in [2.05, 4.69) is 31.9 Å². The summed E-state index contributed by atoms with van der Waals surface area (Å²) in [5, 5.41) is 2.60. The van der Waals surface area contributed by atoms with Crippen molar-refractivity contribution in [1.82, 2.24) is 4.57 Å². The molecular formula is C34H25Br2ClN2O4S. The van der Waals surface area contributed by atoms with Crippen LogP contribution < -0.4 is 19.6 Å². The first kappa shape index (κ1) is 30.5. The minimum Gasteiger partial charge on any atom is -0.486 e. The van der Waals surface area contributed by atoms with E-state index in [0.717, 1.165) is 27.5 Å². The number of esters is 1. The molecule has 1 atom stereocenters. The highest BCUT2D eigenvalue weighted by molar-refractivity contribution is 9.11. The number of allylic oxidation sites excluding steroid dienone is 1. The van der Waals surface area contributed by atoms with Crippen LogP contribution in [0, 0.1) is 0 Å². The minimum absolute atomic E-state index is 0.212. The van der Waals surface area contributed by atoms with Crippen molar-refractivity contribution in [3.63, 3.8) is 0 Å². The van der Waals surface area contributed by atoms with E-state index < -0.39 is 12.0 Å². The van der Waals surface area contributed by atoms with E-state index in [4.69, 9.17) is 26.1 Å². The molecule has 1 aliphatic rings. The maximum atomic E-state index is 14.1. The van der Waals surface area contributed by atoms with Crippen molar-refractivity contribution in [2.45, 2.75) is 26.5 Å². The van der Waals surface area contributed by atoms with Crippen molar-refractivity contribution in [1.29, 1.82) is 0 Å². The highest BCUT2D eigenvalue weighted by atomic mass is 79.9. The smallest absolute Gasteiger partial charge is 0.338 e. The van der Waals surface area contributed by atoms with Crippen LogP contribution in [-0.4, -0.2) is 17.1 Å². The van der Waals surface area contributed by atoms with Crippen molar-refractivity contribution >= 4 is 77.6 Å². The Hall–Kier alpha value is -3.50. The molecule has 1 aliphatic heterocycles. The van der Waals surface area contributed by atoms with E-state index in [1.54, 1.807) is 18.4 Å². The Labute approximate surface area is 279 Å². The fourth-order valence-electron chi connectivity index (χ4n) is 5.29. The first-order valence-corrected chi connectivity index (χ1v) is 16.6. The van der Waals surface area contributed by atoms with Gasteiger partial charge < -0.3 is 9.47 Å². The molecule has 5 aromatic rings. The lowest BCUT2D eigenvalue weighted by Gasteiger charge is -2.25. The van der Waals surface area contributed by atoms with Crippen molar-refractivity contribution < 1.29 is 14.3 Å². The summed E-state index contributed by atoms with van der Waals surface area (Å²) in [5.41, 5.74) is 3.12. The Bertz CT molecular complexity index is 2130. The molecule has 6 nitrogen and oxygen atoms in total. The molecule has 0 N–H and O–H groups in total. The van der Waals surface area contributed by atoms with Gasteiger partial charge >= 0.3 is 5.97 Å². The Morgan fingerprint density at radius 3 is 2.50 bits per heavy atom. The number of fused-ring (bicyclic) bond motifs is 2. The Kier molecular flexibility index (Phi) is 8.91. The zero-order valence-electron chi connectivity index (χ0n) is 23.6. The number of carbonyl (C=O) groups is 1.